The molecule has 0 aromatic heterocycles. The van der Waals surface area contributed by atoms with Crippen LogP contribution in [0.4, 0.5) is 0 Å². The number of benzene rings is 1. The molecule has 1 atom stereocenters. The highest BCUT2D eigenvalue weighted by Crippen LogP contribution is 2.21. The predicted molar refractivity (Wildman–Crippen MR) is 56.0 cm³/mol. The highest BCUT2D eigenvalue weighted by atomic mass is 16.1. The number of rotatable bonds is 3. The number of nitrogens with one attached hydrogen (secondary N) is 1. The van der Waals surface area contributed by atoms with E-state index in [2.05, 4.69) is 5.32 Å². The van der Waals surface area contributed by atoms with Crippen molar-refractivity contribution in [1.82, 2.24) is 5.32 Å². The third kappa shape index (κ3) is 2.13. The van der Waals surface area contributed by atoms with Gasteiger partial charge in [0.25, 0.3) is 0 Å². The van der Waals surface area contributed by atoms with Crippen LogP contribution in [0.2, 0.25) is 0 Å². The lowest BCUT2D eigenvalue weighted by Crippen LogP contribution is -2.29. The minimum Gasteiger partial charge on any atom is -0.353 e. The van der Waals surface area contributed by atoms with E-state index in [-0.39, 0.29) is 11.8 Å². The van der Waals surface area contributed by atoms with Gasteiger partial charge in [0.15, 0.2) is 0 Å². The van der Waals surface area contributed by atoms with Gasteiger partial charge in [-0.25, -0.2) is 0 Å². The molecular weight excluding hydrogens is 174 g/mol. The van der Waals surface area contributed by atoms with E-state index in [1.165, 1.54) is 0 Å². The Labute approximate surface area is 84.3 Å². The molecule has 1 aromatic rings. The Morgan fingerprint density at radius 3 is 2.57 bits per heavy atom. The van der Waals surface area contributed by atoms with E-state index in [1.54, 1.807) is 0 Å². The van der Waals surface area contributed by atoms with Crippen molar-refractivity contribution in [2.75, 3.05) is 0 Å². The van der Waals surface area contributed by atoms with Crippen LogP contribution < -0.4 is 5.32 Å². The summed E-state index contributed by atoms with van der Waals surface area (Å²) in [6.45, 7) is 1.95. The van der Waals surface area contributed by atoms with E-state index < -0.39 is 0 Å². The first kappa shape index (κ1) is 9.25. The van der Waals surface area contributed by atoms with Gasteiger partial charge in [-0.15, -0.1) is 0 Å². The molecule has 1 amide bonds. The standard InChI is InChI=1S/C12H15NO/c1-9(10-5-3-2-4-6-10)12(14)13-11-7-8-11/h2-6,9,11H,7-8H2,1H3,(H,13,14)/t9-/m0/s1. The normalized spacial score (nSPS) is 17.5. The van der Waals surface area contributed by atoms with E-state index in [4.69, 9.17) is 0 Å². The molecule has 14 heavy (non-hydrogen) atoms. The Bertz CT molecular complexity index is 316. The lowest BCUT2D eigenvalue weighted by atomic mass is 10.0. The van der Waals surface area contributed by atoms with E-state index in [1.807, 2.05) is 37.3 Å². The number of carbonyl (C=O) groups is 1. The quantitative estimate of drug-likeness (QED) is 0.774. The van der Waals surface area contributed by atoms with Crippen molar-refractivity contribution in [3.63, 3.8) is 0 Å². The molecule has 0 unspecified atom stereocenters. The number of amides is 1. The summed E-state index contributed by atoms with van der Waals surface area (Å²) in [5.41, 5.74) is 1.09. The first-order valence-electron chi connectivity index (χ1n) is 5.12. The summed E-state index contributed by atoms with van der Waals surface area (Å²) in [6.07, 6.45) is 2.29. The van der Waals surface area contributed by atoms with Crippen molar-refractivity contribution in [2.24, 2.45) is 0 Å². The average Bonchev–Trinajstić information content (AvgIpc) is 3.02. The molecule has 74 valence electrons. The number of carbonyl (C=O) groups excluding carboxylic acids is 1. The van der Waals surface area contributed by atoms with Crippen molar-refractivity contribution in [1.29, 1.82) is 0 Å². The number of hydrogen-bond acceptors (Lipinski definition) is 1. The molecule has 2 rings (SSSR count). The molecule has 2 heteroatoms. The summed E-state index contributed by atoms with van der Waals surface area (Å²) in [5, 5.41) is 3.01. The third-order valence-corrected chi connectivity index (χ3v) is 2.62. The minimum atomic E-state index is -0.0307. The summed E-state index contributed by atoms with van der Waals surface area (Å²) in [7, 11) is 0. The maximum atomic E-state index is 11.7. The zero-order valence-corrected chi connectivity index (χ0v) is 8.36. The van der Waals surface area contributed by atoms with Gasteiger partial charge in [-0.2, -0.15) is 0 Å². The molecule has 0 spiro atoms. The highest BCUT2D eigenvalue weighted by molar-refractivity contribution is 5.83. The van der Waals surface area contributed by atoms with Crippen LogP contribution in [0.5, 0.6) is 0 Å². The summed E-state index contributed by atoms with van der Waals surface area (Å²) in [4.78, 5) is 11.7. The predicted octanol–water partition coefficient (Wildman–Crippen LogP) is 2.07. The molecule has 1 saturated carbocycles. The molecule has 1 aromatic carbocycles. The van der Waals surface area contributed by atoms with Crippen molar-refractivity contribution in [2.45, 2.75) is 31.7 Å². The summed E-state index contributed by atoms with van der Waals surface area (Å²) in [5.74, 6) is 0.121. The largest absolute Gasteiger partial charge is 0.353 e. The van der Waals surface area contributed by atoms with Gasteiger partial charge >= 0.3 is 0 Å². The molecular formula is C12H15NO. The van der Waals surface area contributed by atoms with Gasteiger partial charge in [-0.1, -0.05) is 30.3 Å². The monoisotopic (exact) mass is 189 g/mol. The topological polar surface area (TPSA) is 29.1 Å². The van der Waals surface area contributed by atoms with E-state index in [9.17, 15) is 4.79 Å². The lowest BCUT2D eigenvalue weighted by Gasteiger charge is -2.11. The van der Waals surface area contributed by atoms with Gasteiger partial charge in [-0.3, -0.25) is 4.79 Å². The third-order valence-electron chi connectivity index (χ3n) is 2.62. The molecule has 0 heterocycles. The molecule has 0 radical (unpaired) electrons. The Hall–Kier alpha value is -1.31. The molecule has 0 saturated heterocycles. The summed E-state index contributed by atoms with van der Waals surface area (Å²) >= 11 is 0. The molecule has 0 bridgehead atoms. The molecule has 1 aliphatic carbocycles. The molecule has 1 fully saturated rings. The van der Waals surface area contributed by atoms with Crippen LogP contribution in [0, 0.1) is 0 Å². The van der Waals surface area contributed by atoms with Crippen molar-refractivity contribution < 1.29 is 4.79 Å². The smallest absolute Gasteiger partial charge is 0.227 e. The van der Waals surface area contributed by atoms with Gasteiger partial charge in [0, 0.05) is 6.04 Å². The Morgan fingerprint density at radius 1 is 1.36 bits per heavy atom. The Balaban J connectivity index is 1.99. The molecule has 1 N–H and O–H groups in total. The van der Waals surface area contributed by atoms with E-state index in [0.29, 0.717) is 6.04 Å². The second-order valence-corrected chi connectivity index (χ2v) is 3.92. The fraction of sp³-hybridized carbons (Fsp3) is 0.417. The summed E-state index contributed by atoms with van der Waals surface area (Å²) < 4.78 is 0. The second kappa shape index (κ2) is 3.82. The van der Waals surface area contributed by atoms with Crippen LogP contribution in [0.1, 0.15) is 31.2 Å². The zero-order valence-electron chi connectivity index (χ0n) is 8.36. The van der Waals surface area contributed by atoms with Crippen LogP contribution >= 0.6 is 0 Å². The lowest BCUT2D eigenvalue weighted by molar-refractivity contribution is -0.122. The van der Waals surface area contributed by atoms with Gasteiger partial charge in [-0.05, 0) is 25.3 Å². The average molecular weight is 189 g/mol. The minimum absolute atomic E-state index is 0.0307. The van der Waals surface area contributed by atoms with Gasteiger partial charge < -0.3 is 5.32 Å². The van der Waals surface area contributed by atoms with Crippen molar-refractivity contribution in [3.05, 3.63) is 35.9 Å². The second-order valence-electron chi connectivity index (χ2n) is 3.92. The fourth-order valence-electron chi connectivity index (χ4n) is 1.45. The highest BCUT2D eigenvalue weighted by Gasteiger charge is 2.25. The molecule has 2 nitrogen and oxygen atoms in total. The van der Waals surface area contributed by atoms with Gasteiger partial charge in [0.05, 0.1) is 5.92 Å². The first-order valence-corrected chi connectivity index (χ1v) is 5.12. The fourth-order valence-corrected chi connectivity index (χ4v) is 1.45. The Morgan fingerprint density at radius 2 is 2.00 bits per heavy atom. The maximum Gasteiger partial charge on any atom is 0.227 e. The summed E-state index contributed by atoms with van der Waals surface area (Å²) in [6, 6.07) is 10.4. The number of hydrogen-bond donors (Lipinski definition) is 1. The molecule has 1 aliphatic rings. The van der Waals surface area contributed by atoms with Gasteiger partial charge in [0.1, 0.15) is 0 Å². The molecule has 0 aliphatic heterocycles. The zero-order chi connectivity index (χ0) is 9.97. The van der Waals surface area contributed by atoms with Gasteiger partial charge in [0.2, 0.25) is 5.91 Å². The van der Waals surface area contributed by atoms with Crippen molar-refractivity contribution >= 4 is 5.91 Å². The van der Waals surface area contributed by atoms with Crippen LogP contribution in [0.25, 0.3) is 0 Å². The van der Waals surface area contributed by atoms with Crippen LogP contribution in [0.15, 0.2) is 30.3 Å². The SMILES string of the molecule is C[C@H](C(=O)NC1CC1)c1ccccc1. The van der Waals surface area contributed by atoms with E-state index in [0.717, 1.165) is 18.4 Å². The van der Waals surface area contributed by atoms with Crippen LogP contribution in [-0.4, -0.2) is 11.9 Å². The Kier molecular flexibility index (Phi) is 2.53. The van der Waals surface area contributed by atoms with Crippen LogP contribution in [0.3, 0.4) is 0 Å². The first-order chi connectivity index (χ1) is 6.77. The van der Waals surface area contributed by atoms with Crippen LogP contribution in [-0.2, 0) is 4.79 Å². The van der Waals surface area contributed by atoms with E-state index >= 15 is 0 Å². The van der Waals surface area contributed by atoms with Crippen molar-refractivity contribution in [3.8, 4) is 0 Å². The maximum absolute atomic E-state index is 11.7.